The fourth-order valence-electron chi connectivity index (χ4n) is 3.78. The van der Waals surface area contributed by atoms with E-state index >= 15 is 0 Å². The number of nitrogens with zero attached hydrogens (tertiary/aromatic N) is 2. The summed E-state index contributed by atoms with van der Waals surface area (Å²) in [7, 11) is 2.18. The summed E-state index contributed by atoms with van der Waals surface area (Å²) in [6, 6.07) is 8.87. The van der Waals surface area contributed by atoms with Gasteiger partial charge in [0.15, 0.2) is 0 Å². The molecule has 132 valence electrons. The number of anilines is 1. The predicted octanol–water partition coefficient (Wildman–Crippen LogP) is 2.68. The van der Waals surface area contributed by atoms with E-state index in [0.717, 1.165) is 52.0 Å². The molecule has 0 spiro atoms. The van der Waals surface area contributed by atoms with Crippen molar-refractivity contribution in [3.05, 3.63) is 29.8 Å². The van der Waals surface area contributed by atoms with Crippen LogP contribution in [0.4, 0.5) is 5.69 Å². The van der Waals surface area contributed by atoms with Crippen LogP contribution in [0.15, 0.2) is 24.3 Å². The van der Waals surface area contributed by atoms with Crippen molar-refractivity contribution in [2.75, 3.05) is 44.7 Å². The van der Waals surface area contributed by atoms with Gasteiger partial charge in [-0.05, 0) is 44.0 Å². The van der Waals surface area contributed by atoms with E-state index in [2.05, 4.69) is 46.4 Å². The zero-order valence-corrected chi connectivity index (χ0v) is 15.0. The molecule has 0 radical (unpaired) electrons. The SMILES string of the molecule is CN1CCN(c2ccc(CCNC(=O)C3CCCCC3)cc2)CC1. The minimum atomic E-state index is 0.262. The summed E-state index contributed by atoms with van der Waals surface area (Å²) in [5.74, 6) is 0.530. The highest BCUT2D eigenvalue weighted by molar-refractivity contribution is 5.78. The number of rotatable bonds is 5. The molecule has 1 heterocycles. The van der Waals surface area contributed by atoms with E-state index in [4.69, 9.17) is 0 Å². The number of carbonyl (C=O) groups is 1. The normalized spacial score (nSPS) is 20.1. The second-order valence-electron chi connectivity index (χ2n) is 7.33. The van der Waals surface area contributed by atoms with Gasteiger partial charge in [0, 0.05) is 44.3 Å². The van der Waals surface area contributed by atoms with Gasteiger partial charge in [0.25, 0.3) is 0 Å². The number of piperazine rings is 1. The molecule has 0 aromatic heterocycles. The minimum absolute atomic E-state index is 0.262. The van der Waals surface area contributed by atoms with Crippen molar-refractivity contribution in [2.24, 2.45) is 5.92 Å². The lowest BCUT2D eigenvalue weighted by Crippen LogP contribution is -2.44. The predicted molar refractivity (Wildman–Crippen MR) is 99.4 cm³/mol. The van der Waals surface area contributed by atoms with Gasteiger partial charge < -0.3 is 15.1 Å². The number of hydrogen-bond donors (Lipinski definition) is 1. The van der Waals surface area contributed by atoms with Crippen LogP contribution in [0.5, 0.6) is 0 Å². The summed E-state index contributed by atoms with van der Waals surface area (Å²) < 4.78 is 0. The number of hydrogen-bond acceptors (Lipinski definition) is 3. The van der Waals surface area contributed by atoms with Crippen molar-refractivity contribution < 1.29 is 4.79 Å². The maximum Gasteiger partial charge on any atom is 0.223 e. The zero-order chi connectivity index (χ0) is 16.8. The van der Waals surface area contributed by atoms with Crippen LogP contribution >= 0.6 is 0 Å². The van der Waals surface area contributed by atoms with Crippen molar-refractivity contribution >= 4 is 11.6 Å². The van der Waals surface area contributed by atoms with Gasteiger partial charge in [-0.1, -0.05) is 31.4 Å². The minimum Gasteiger partial charge on any atom is -0.369 e. The average molecular weight is 329 g/mol. The first kappa shape index (κ1) is 17.3. The molecule has 1 aliphatic carbocycles. The van der Waals surface area contributed by atoms with Crippen LogP contribution in [-0.4, -0.2) is 50.6 Å². The molecule has 1 amide bonds. The monoisotopic (exact) mass is 329 g/mol. The molecule has 24 heavy (non-hydrogen) atoms. The quantitative estimate of drug-likeness (QED) is 0.902. The molecule has 2 aliphatic rings. The molecular formula is C20H31N3O. The summed E-state index contributed by atoms with van der Waals surface area (Å²) in [5.41, 5.74) is 2.62. The highest BCUT2D eigenvalue weighted by Crippen LogP contribution is 2.23. The Morgan fingerprint density at radius 1 is 1.04 bits per heavy atom. The molecule has 1 aromatic rings. The first-order valence-corrected chi connectivity index (χ1v) is 9.52. The highest BCUT2D eigenvalue weighted by Gasteiger charge is 2.20. The second-order valence-corrected chi connectivity index (χ2v) is 7.33. The Balaban J connectivity index is 1.42. The first-order chi connectivity index (χ1) is 11.7. The van der Waals surface area contributed by atoms with Crippen LogP contribution in [0.3, 0.4) is 0 Å². The molecule has 3 rings (SSSR count). The maximum atomic E-state index is 12.2. The molecule has 4 heteroatoms. The largest absolute Gasteiger partial charge is 0.369 e. The Bertz CT molecular complexity index is 514. The third-order valence-corrected chi connectivity index (χ3v) is 5.49. The molecule has 1 aromatic carbocycles. The van der Waals surface area contributed by atoms with E-state index in [9.17, 15) is 4.79 Å². The zero-order valence-electron chi connectivity index (χ0n) is 15.0. The van der Waals surface area contributed by atoms with E-state index in [1.165, 1.54) is 30.5 Å². The fourth-order valence-corrected chi connectivity index (χ4v) is 3.78. The molecule has 2 fully saturated rings. The second kappa shape index (κ2) is 8.52. The Labute approximate surface area is 146 Å². The van der Waals surface area contributed by atoms with Gasteiger partial charge >= 0.3 is 0 Å². The standard InChI is InChI=1S/C20H31N3O/c1-22-13-15-23(16-14-22)19-9-7-17(8-10-19)11-12-21-20(24)18-5-3-2-4-6-18/h7-10,18H,2-6,11-16H2,1H3,(H,21,24). The average Bonchev–Trinajstić information content (AvgIpc) is 2.64. The number of amides is 1. The first-order valence-electron chi connectivity index (χ1n) is 9.52. The molecule has 1 aliphatic heterocycles. The van der Waals surface area contributed by atoms with Crippen molar-refractivity contribution in [1.29, 1.82) is 0 Å². The van der Waals surface area contributed by atoms with Gasteiger partial charge in [-0.25, -0.2) is 0 Å². The van der Waals surface area contributed by atoms with Crippen LogP contribution in [0.2, 0.25) is 0 Å². The molecule has 1 saturated carbocycles. The highest BCUT2D eigenvalue weighted by atomic mass is 16.1. The Morgan fingerprint density at radius 2 is 1.71 bits per heavy atom. The van der Waals surface area contributed by atoms with Crippen LogP contribution in [0.25, 0.3) is 0 Å². The van der Waals surface area contributed by atoms with Gasteiger partial charge in [0.05, 0.1) is 0 Å². The van der Waals surface area contributed by atoms with Crippen molar-refractivity contribution in [2.45, 2.75) is 38.5 Å². The van der Waals surface area contributed by atoms with Crippen molar-refractivity contribution in [3.63, 3.8) is 0 Å². The number of nitrogens with one attached hydrogen (secondary N) is 1. The Kier molecular flexibility index (Phi) is 6.13. The van der Waals surface area contributed by atoms with Gasteiger partial charge in [-0.2, -0.15) is 0 Å². The molecule has 1 saturated heterocycles. The van der Waals surface area contributed by atoms with Crippen LogP contribution in [0, 0.1) is 5.92 Å². The van der Waals surface area contributed by atoms with Gasteiger partial charge in [-0.3, -0.25) is 4.79 Å². The summed E-state index contributed by atoms with van der Waals surface area (Å²) in [6.45, 7) is 5.23. The van der Waals surface area contributed by atoms with E-state index < -0.39 is 0 Å². The molecule has 0 bridgehead atoms. The maximum absolute atomic E-state index is 12.2. The Hall–Kier alpha value is -1.55. The summed E-state index contributed by atoms with van der Waals surface area (Å²) in [6.07, 6.45) is 6.79. The van der Waals surface area contributed by atoms with Crippen LogP contribution in [0.1, 0.15) is 37.7 Å². The van der Waals surface area contributed by atoms with Crippen LogP contribution in [-0.2, 0) is 11.2 Å². The summed E-state index contributed by atoms with van der Waals surface area (Å²) >= 11 is 0. The molecule has 1 N–H and O–H groups in total. The lowest BCUT2D eigenvalue weighted by molar-refractivity contribution is -0.125. The lowest BCUT2D eigenvalue weighted by Gasteiger charge is -2.34. The van der Waals surface area contributed by atoms with Gasteiger partial charge in [-0.15, -0.1) is 0 Å². The fraction of sp³-hybridized carbons (Fsp3) is 0.650. The van der Waals surface area contributed by atoms with E-state index in [1.807, 2.05) is 0 Å². The van der Waals surface area contributed by atoms with Crippen molar-refractivity contribution in [1.82, 2.24) is 10.2 Å². The topological polar surface area (TPSA) is 35.6 Å². The number of benzene rings is 1. The van der Waals surface area contributed by atoms with Gasteiger partial charge in [0.1, 0.15) is 0 Å². The number of carbonyl (C=O) groups excluding carboxylic acids is 1. The molecule has 0 atom stereocenters. The van der Waals surface area contributed by atoms with Crippen molar-refractivity contribution in [3.8, 4) is 0 Å². The number of likely N-dealkylation sites (N-methyl/N-ethyl adjacent to an activating group) is 1. The third kappa shape index (κ3) is 4.73. The summed E-state index contributed by atoms with van der Waals surface area (Å²) in [5, 5.41) is 3.13. The molecule has 4 nitrogen and oxygen atoms in total. The van der Waals surface area contributed by atoms with E-state index in [0.29, 0.717) is 0 Å². The van der Waals surface area contributed by atoms with Crippen LogP contribution < -0.4 is 10.2 Å². The lowest BCUT2D eigenvalue weighted by atomic mass is 9.88. The van der Waals surface area contributed by atoms with E-state index in [1.54, 1.807) is 0 Å². The Morgan fingerprint density at radius 3 is 2.38 bits per heavy atom. The molecule has 0 unspecified atom stereocenters. The van der Waals surface area contributed by atoms with Gasteiger partial charge in [0.2, 0.25) is 5.91 Å². The third-order valence-electron chi connectivity index (χ3n) is 5.49. The molecular weight excluding hydrogens is 298 g/mol. The van der Waals surface area contributed by atoms with E-state index in [-0.39, 0.29) is 11.8 Å². The summed E-state index contributed by atoms with van der Waals surface area (Å²) in [4.78, 5) is 17.0. The smallest absolute Gasteiger partial charge is 0.223 e.